The van der Waals surface area contributed by atoms with Gasteiger partial charge in [-0.05, 0) is 42.9 Å². The van der Waals surface area contributed by atoms with Gasteiger partial charge in [-0.1, -0.05) is 34.6 Å². The van der Waals surface area contributed by atoms with Gasteiger partial charge in [-0.25, -0.2) is 8.42 Å². The van der Waals surface area contributed by atoms with Gasteiger partial charge in [0, 0.05) is 16.2 Å². The topological polar surface area (TPSA) is 43.4 Å². The molecule has 1 aromatic carbocycles. The molecule has 3 nitrogen and oxygen atoms in total. The second-order valence-electron chi connectivity index (χ2n) is 6.36. The first kappa shape index (κ1) is 18.3. The second kappa shape index (κ2) is 6.57. The highest BCUT2D eigenvalue weighted by atomic mass is 35.7. The highest BCUT2D eigenvalue weighted by Crippen LogP contribution is 2.37. The highest BCUT2D eigenvalue weighted by molar-refractivity contribution is 8.13. The van der Waals surface area contributed by atoms with Gasteiger partial charge in [0.25, 0.3) is 9.05 Å². The SMILES string of the molecule is CCC(CC)Oc1cc(C)c(S(=O)(=O)Cl)cc1C(C)(C)C. The Hall–Kier alpha value is -0.740. The van der Waals surface area contributed by atoms with E-state index in [0.29, 0.717) is 5.56 Å². The third kappa shape index (κ3) is 4.62. The smallest absolute Gasteiger partial charge is 0.261 e. The second-order valence-corrected chi connectivity index (χ2v) is 8.89. The summed E-state index contributed by atoms with van der Waals surface area (Å²) in [5.41, 5.74) is 1.24. The molecule has 0 aromatic heterocycles. The monoisotopic (exact) mass is 332 g/mol. The highest BCUT2D eigenvalue weighted by Gasteiger charge is 2.25. The molecule has 0 aliphatic carbocycles. The molecule has 0 saturated carbocycles. The van der Waals surface area contributed by atoms with Crippen molar-refractivity contribution in [1.82, 2.24) is 0 Å². The number of benzene rings is 1. The van der Waals surface area contributed by atoms with Crippen LogP contribution in [0.2, 0.25) is 0 Å². The number of ether oxygens (including phenoxy) is 1. The van der Waals surface area contributed by atoms with Gasteiger partial charge in [0.15, 0.2) is 0 Å². The fraction of sp³-hybridized carbons (Fsp3) is 0.625. The van der Waals surface area contributed by atoms with Gasteiger partial charge >= 0.3 is 0 Å². The van der Waals surface area contributed by atoms with Crippen LogP contribution >= 0.6 is 10.7 Å². The molecule has 0 bridgehead atoms. The van der Waals surface area contributed by atoms with Gasteiger partial charge in [-0.2, -0.15) is 0 Å². The zero-order chi connectivity index (χ0) is 16.4. The van der Waals surface area contributed by atoms with Crippen molar-refractivity contribution in [3.63, 3.8) is 0 Å². The maximum Gasteiger partial charge on any atom is 0.261 e. The van der Waals surface area contributed by atoms with Crippen LogP contribution in [0.25, 0.3) is 0 Å². The van der Waals surface area contributed by atoms with Crippen molar-refractivity contribution < 1.29 is 13.2 Å². The Morgan fingerprint density at radius 3 is 2.10 bits per heavy atom. The van der Waals surface area contributed by atoms with E-state index >= 15 is 0 Å². The summed E-state index contributed by atoms with van der Waals surface area (Å²) in [4.78, 5) is 0.158. The lowest BCUT2D eigenvalue weighted by atomic mass is 9.85. The Morgan fingerprint density at radius 2 is 1.71 bits per heavy atom. The molecule has 5 heteroatoms. The zero-order valence-corrected chi connectivity index (χ0v) is 15.2. The summed E-state index contributed by atoms with van der Waals surface area (Å²) < 4.78 is 29.5. The zero-order valence-electron chi connectivity index (χ0n) is 13.7. The van der Waals surface area contributed by atoms with Crippen LogP contribution in [0.4, 0.5) is 0 Å². The van der Waals surface area contributed by atoms with E-state index in [4.69, 9.17) is 15.4 Å². The van der Waals surface area contributed by atoms with E-state index in [0.717, 1.165) is 24.2 Å². The van der Waals surface area contributed by atoms with Gasteiger partial charge in [-0.3, -0.25) is 0 Å². The van der Waals surface area contributed by atoms with E-state index in [9.17, 15) is 8.42 Å². The molecule has 0 N–H and O–H groups in total. The number of halogens is 1. The van der Waals surface area contributed by atoms with Crippen LogP contribution in [0.5, 0.6) is 5.75 Å². The van der Waals surface area contributed by atoms with Crippen LogP contribution in [-0.4, -0.2) is 14.5 Å². The Kier molecular flexibility index (Phi) is 5.73. The van der Waals surface area contributed by atoms with E-state index < -0.39 is 9.05 Å². The standard InChI is InChI=1S/C16H25ClO3S/c1-7-12(8-2)20-14-9-11(3)15(21(17,18)19)10-13(14)16(4,5)6/h9-10,12H,7-8H2,1-6H3. The van der Waals surface area contributed by atoms with Crippen LogP contribution in [0.1, 0.15) is 58.6 Å². The van der Waals surface area contributed by atoms with Gasteiger partial charge in [0.05, 0.1) is 11.0 Å². The van der Waals surface area contributed by atoms with Crippen molar-refractivity contribution in [2.75, 3.05) is 0 Å². The van der Waals surface area contributed by atoms with Crippen molar-refractivity contribution in [2.45, 2.75) is 70.8 Å². The average Bonchev–Trinajstić information content (AvgIpc) is 2.32. The average molecular weight is 333 g/mol. The first-order chi connectivity index (χ1) is 9.50. The Bertz CT molecular complexity index is 597. The quantitative estimate of drug-likeness (QED) is 0.728. The summed E-state index contributed by atoms with van der Waals surface area (Å²) >= 11 is 0. The van der Waals surface area contributed by atoms with Crippen LogP contribution < -0.4 is 4.74 Å². The van der Waals surface area contributed by atoms with E-state index in [1.807, 2.05) is 20.8 Å². The first-order valence-corrected chi connectivity index (χ1v) is 9.58. The molecule has 0 saturated heterocycles. The molecular weight excluding hydrogens is 308 g/mol. The lowest BCUT2D eigenvalue weighted by Crippen LogP contribution is -2.20. The van der Waals surface area contributed by atoms with Crippen LogP contribution in [-0.2, 0) is 14.5 Å². The molecule has 0 aliphatic heterocycles. The van der Waals surface area contributed by atoms with Crippen molar-refractivity contribution in [2.24, 2.45) is 0 Å². The molecule has 0 aliphatic rings. The summed E-state index contributed by atoms with van der Waals surface area (Å²) in [7, 11) is 1.77. The van der Waals surface area contributed by atoms with Gasteiger partial charge < -0.3 is 4.74 Å². The van der Waals surface area contributed by atoms with E-state index in [-0.39, 0.29) is 16.4 Å². The molecule has 0 atom stereocenters. The number of aryl methyl sites for hydroxylation is 1. The summed E-state index contributed by atoms with van der Waals surface area (Å²) in [6.45, 7) is 12.0. The summed E-state index contributed by atoms with van der Waals surface area (Å²) in [5.74, 6) is 0.748. The Labute approximate surface area is 133 Å². The van der Waals surface area contributed by atoms with E-state index in [1.165, 1.54) is 0 Å². The van der Waals surface area contributed by atoms with Crippen molar-refractivity contribution >= 4 is 19.7 Å². The number of hydrogen-bond donors (Lipinski definition) is 0. The molecule has 120 valence electrons. The van der Waals surface area contributed by atoms with Gasteiger partial charge in [0.2, 0.25) is 0 Å². The maximum absolute atomic E-state index is 11.7. The van der Waals surface area contributed by atoms with Crippen molar-refractivity contribution in [3.05, 3.63) is 23.3 Å². The number of rotatable bonds is 5. The first-order valence-electron chi connectivity index (χ1n) is 7.27. The summed E-state index contributed by atoms with van der Waals surface area (Å²) in [6, 6.07) is 3.43. The normalized spacial score (nSPS) is 12.8. The molecule has 0 amide bonds. The van der Waals surface area contributed by atoms with Crippen LogP contribution in [0.15, 0.2) is 17.0 Å². The third-order valence-corrected chi connectivity index (χ3v) is 5.02. The fourth-order valence-corrected chi connectivity index (χ4v) is 3.44. The predicted molar refractivity (Wildman–Crippen MR) is 87.9 cm³/mol. The Morgan fingerprint density at radius 1 is 1.19 bits per heavy atom. The minimum atomic E-state index is -3.76. The van der Waals surface area contributed by atoms with E-state index in [1.54, 1.807) is 19.1 Å². The molecule has 1 aromatic rings. The molecule has 0 spiro atoms. The lowest BCUT2D eigenvalue weighted by Gasteiger charge is -2.26. The third-order valence-electron chi connectivity index (χ3n) is 3.55. The van der Waals surface area contributed by atoms with Crippen molar-refractivity contribution in [3.8, 4) is 5.75 Å². The summed E-state index contributed by atoms with van der Waals surface area (Å²) in [5, 5.41) is 0. The molecule has 0 heterocycles. The largest absolute Gasteiger partial charge is 0.490 e. The fourth-order valence-electron chi connectivity index (χ4n) is 2.24. The molecular formula is C16H25ClO3S. The number of hydrogen-bond acceptors (Lipinski definition) is 3. The molecule has 1 rings (SSSR count). The molecule has 0 radical (unpaired) electrons. The lowest BCUT2D eigenvalue weighted by molar-refractivity contribution is 0.188. The van der Waals surface area contributed by atoms with Crippen molar-refractivity contribution in [1.29, 1.82) is 0 Å². The predicted octanol–water partition coefficient (Wildman–Crippen LogP) is 4.79. The molecule has 21 heavy (non-hydrogen) atoms. The van der Waals surface area contributed by atoms with E-state index in [2.05, 4.69) is 13.8 Å². The van der Waals surface area contributed by atoms with Crippen LogP contribution in [0, 0.1) is 6.92 Å². The minimum Gasteiger partial charge on any atom is -0.490 e. The minimum absolute atomic E-state index is 0.129. The van der Waals surface area contributed by atoms with Gasteiger partial charge in [0.1, 0.15) is 5.75 Å². The summed E-state index contributed by atoms with van der Waals surface area (Å²) in [6.07, 6.45) is 1.95. The maximum atomic E-state index is 11.7. The Balaban J connectivity index is 3.47. The van der Waals surface area contributed by atoms with Gasteiger partial charge in [-0.15, -0.1) is 0 Å². The van der Waals surface area contributed by atoms with Crippen LogP contribution in [0.3, 0.4) is 0 Å². The molecule has 0 unspecified atom stereocenters. The molecule has 0 fully saturated rings.